The molecule has 1 aromatic heterocycles. The molecule has 2 aliphatic rings. The first-order chi connectivity index (χ1) is 12.9. The van der Waals surface area contributed by atoms with E-state index >= 15 is 0 Å². The SMILES string of the molecule is Cn1c(=O)n(C2CCN(C3CCOCC3)CC2)c2cc(C(F)(F)F)ccc21. The van der Waals surface area contributed by atoms with Crippen LogP contribution in [0.15, 0.2) is 23.0 Å². The number of halogens is 3. The molecule has 5 nitrogen and oxygen atoms in total. The molecule has 0 unspecified atom stereocenters. The fraction of sp³-hybridized carbons (Fsp3) is 0.632. The molecule has 0 saturated carbocycles. The van der Waals surface area contributed by atoms with Gasteiger partial charge in [-0.05, 0) is 43.9 Å². The zero-order chi connectivity index (χ0) is 19.2. The van der Waals surface area contributed by atoms with Gasteiger partial charge in [0, 0.05) is 45.4 Å². The predicted octanol–water partition coefficient (Wildman–Crippen LogP) is 3.17. The fourth-order valence-electron chi connectivity index (χ4n) is 4.46. The number of hydrogen-bond acceptors (Lipinski definition) is 3. The van der Waals surface area contributed by atoms with Crippen molar-refractivity contribution in [1.29, 1.82) is 0 Å². The summed E-state index contributed by atoms with van der Waals surface area (Å²) in [6, 6.07) is 4.00. The summed E-state index contributed by atoms with van der Waals surface area (Å²) in [6.07, 6.45) is -0.835. The van der Waals surface area contributed by atoms with Gasteiger partial charge in [0.2, 0.25) is 0 Å². The van der Waals surface area contributed by atoms with Crippen LogP contribution in [-0.4, -0.2) is 46.4 Å². The van der Waals surface area contributed by atoms with Crippen molar-refractivity contribution in [1.82, 2.24) is 14.0 Å². The number of aromatic nitrogens is 2. The molecule has 8 heteroatoms. The largest absolute Gasteiger partial charge is 0.416 e. The zero-order valence-electron chi connectivity index (χ0n) is 15.3. The van der Waals surface area contributed by atoms with Crippen molar-refractivity contribution in [3.05, 3.63) is 34.2 Å². The molecule has 0 aliphatic carbocycles. The van der Waals surface area contributed by atoms with Crippen LogP contribution >= 0.6 is 0 Å². The van der Waals surface area contributed by atoms with Crippen LogP contribution in [0, 0.1) is 0 Å². The lowest BCUT2D eigenvalue weighted by molar-refractivity contribution is -0.137. The number of likely N-dealkylation sites (tertiary alicyclic amines) is 1. The third kappa shape index (κ3) is 3.40. The maximum atomic E-state index is 13.1. The van der Waals surface area contributed by atoms with Crippen molar-refractivity contribution in [2.45, 2.75) is 43.9 Å². The first-order valence-electron chi connectivity index (χ1n) is 9.46. The van der Waals surface area contributed by atoms with Gasteiger partial charge in [0.15, 0.2) is 0 Å². The lowest BCUT2D eigenvalue weighted by Crippen LogP contribution is -2.45. The van der Waals surface area contributed by atoms with E-state index in [-0.39, 0.29) is 11.7 Å². The molecule has 148 valence electrons. The maximum Gasteiger partial charge on any atom is 0.416 e. The molecule has 0 spiro atoms. The highest BCUT2D eigenvalue weighted by molar-refractivity contribution is 5.77. The first kappa shape index (κ1) is 18.6. The number of alkyl halides is 3. The Labute approximate surface area is 155 Å². The Balaban J connectivity index is 1.62. The van der Waals surface area contributed by atoms with Crippen molar-refractivity contribution < 1.29 is 17.9 Å². The summed E-state index contributed by atoms with van der Waals surface area (Å²) < 4.78 is 47.9. The number of imidazole rings is 1. The van der Waals surface area contributed by atoms with Gasteiger partial charge >= 0.3 is 11.9 Å². The van der Waals surface area contributed by atoms with Gasteiger partial charge in [-0.2, -0.15) is 13.2 Å². The molecule has 0 amide bonds. The van der Waals surface area contributed by atoms with Gasteiger partial charge < -0.3 is 9.64 Å². The third-order valence-electron chi connectivity index (χ3n) is 5.99. The number of benzene rings is 1. The minimum absolute atomic E-state index is 0.0687. The summed E-state index contributed by atoms with van der Waals surface area (Å²) in [5, 5.41) is 0. The molecule has 0 atom stereocenters. The topological polar surface area (TPSA) is 39.4 Å². The fourth-order valence-corrected chi connectivity index (χ4v) is 4.46. The number of hydrogen-bond donors (Lipinski definition) is 0. The number of piperidine rings is 1. The predicted molar refractivity (Wildman–Crippen MR) is 95.9 cm³/mol. The molecular weight excluding hydrogens is 359 g/mol. The van der Waals surface area contributed by atoms with E-state index in [9.17, 15) is 18.0 Å². The normalized spacial score (nSPS) is 21.2. The van der Waals surface area contributed by atoms with Crippen LogP contribution in [0.2, 0.25) is 0 Å². The number of aryl methyl sites for hydroxylation is 1. The molecule has 2 fully saturated rings. The van der Waals surface area contributed by atoms with E-state index in [0.29, 0.717) is 17.1 Å². The molecule has 0 radical (unpaired) electrons. The molecule has 2 aromatic rings. The van der Waals surface area contributed by atoms with Gasteiger partial charge in [-0.1, -0.05) is 0 Å². The third-order valence-corrected chi connectivity index (χ3v) is 5.99. The van der Waals surface area contributed by atoms with Crippen LogP contribution < -0.4 is 5.69 Å². The maximum absolute atomic E-state index is 13.1. The van der Waals surface area contributed by atoms with Crippen LogP contribution in [0.3, 0.4) is 0 Å². The highest BCUT2D eigenvalue weighted by atomic mass is 19.4. The molecular formula is C19H24F3N3O2. The highest BCUT2D eigenvalue weighted by Crippen LogP contribution is 2.33. The summed E-state index contributed by atoms with van der Waals surface area (Å²) >= 11 is 0. The molecule has 2 saturated heterocycles. The Morgan fingerprint density at radius 3 is 2.30 bits per heavy atom. The average Bonchev–Trinajstić information content (AvgIpc) is 2.92. The van der Waals surface area contributed by atoms with E-state index in [0.717, 1.165) is 64.1 Å². The Hall–Kier alpha value is -1.80. The molecule has 4 rings (SSSR count). The van der Waals surface area contributed by atoms with Crippen molar-refractivity contribution in [3.63, 3.8) is 0 Å². The standard InChI is InChI=1S/C19H24F3N3O2/c1-23-16-3-2-13(19(20,21)22)12-17(16)25(18(23)26)15-4-8-24(9-5-15)14-6-10-27-11-7-14/h2-3,12,14-15H,4-11H2,1H3. The van der Waals surface area contributed by atoms with Gasteiger partial charge in [0.05, 0.1) is 16.6 Å². The summed E-state index contributed by atoms with van der Waals surface area (Å²) in [5.74, 6) is 0. The number of rotatable bonds is 2. The van der Waals surface area contributed by atoms with E-state index in [1.165, 1.54) is 10.6 Å². The second-order valence-electron chi connectivity index (χ2n) is 7.52. The summed E-state index contributed by atoms with van der Waals surface area (Å²) in [7, 11) is 1.62. The Morgan fingerprint density at radius 2 is 1.67 bits per heavy atom. The molecule has 0 bridgehead atoms. The van der Waals surface area contributed by atoms with Gasteiger partial charge in [0.1, 0.15) is 0 Å². The van der Waals surface area contributed by atoms with E-state index in [2.05, 4.69) is 4.90 Å². The van der Waals surface area contributed by atoms with Crippen LogP contribution in [0.4, 0.5) is 13.2 Å². The monoisotopic (exact) mass is 383 g/mol. The Morgan fingerprint density at radius 1 is 1.00 bits per heavy atom. The summed E-state index contributed by atoms with van der Waals surface area (Å²) in [6.45, 7) is 3.29. The van der Waals surface area contributed by atoms with Crippen molar-refractivity contribution in [3.8, 4) is 0 Å². The molecule has 1 aromatic carbocycles. The zero-order valence-corrected chi connectivity index (χ0v) is 15.3. The minimum Gasteiger partial charge on any atom is -0.381 e. The number of fused-ring (bicyclic) bond motifs is 1. The second-order valence-corrected chi connectivity index (χ2v) is 7.52. The van der Waals surface area contributed by atoms with E-state index in [4.69, 9.17) is 4.74 Å². The average molecular weight is 383 g/mol. The summed E-state index contributed by atoms with van der Waals surface area (Å²) in [4.78, 5) is 15.2. The number of ether oxygens (including phenoxy) is 1. The van der Waals surface area contributed by atoms with Gasteiger partial charge in [-0.15, -0.1) is 0 Å². The molecule has 3 heterocycles. The van der Waals surface area contributed by atoms with E-state index < -0.39 is 11.7 Å². The lowest BCUT2D eigenvalue weighted by atomic mass is 9.99. The number of nitrogens with zero attached hydrogens (tertiary/aromatic N) is 3. The van der Waals surface area contributed by atoms with Crippen LogP contribution in [0.1, 0.15) is 37.3 Å². The van der Waals surface area contributed by atoms with Crippen LogP contribution in [0.5, 0.6) is 0 Å². The Kier molecular flexibility index (Phi) is 4.80. The van der Waals surface area contributed by atoms with E-state index in [1.54, 1.807) is 11.6 Å². The van der Waals surface area contributed by atoms with Crippen molar-refractivity contribution in [2.24, 2.45) is 7.05 Å². The lowest BCUT2D eigenvalue weighted by Gasteiger charge is -2.39. The molecule has 0 N–H and O–H groups in total. The van der Waals surface area contributed by atoms with Gasteiger partial charge in [-0.3, -0.25) is 9.13 Å². The van der Waals surface area contributed by atoms with Gasteiger partial charge in [-0.25, -0.2) is 4.79 Å². The van der Waals surface area contributed by atoms with Crippen molar-refractivity contribution in [2.75, 3.05) is 26.3 Å². The second kappa shape index (κ2) is 6.98. The Bertz CT molecular complexity index is 873. The van der Waals surface area contributed by atoms with Crippen LogP contribution in [0.25, 0.3) is 11.0 Å². The molecule has 27 heavy (non-hydrogen) atoms. The van der Waals surface area contributed by atoms with Crippen molar-refractivity contribution >= 4 is 11.0 Å². The van der Waals surface area contributed by atoms with Gasteiger partial charge in [0.25, 0.3) is 0 Å². The highest BCUT2D eigenvalue weighted by Gasteiger charge is 2.33. The van der Waals surface area contributed by atoms with E-state index in [1.807, 2.05) is 0 Å². The quantitative estimate of drug-likeness (QED) is 0.800. The first-order valence-corrected chi connectivity index (χ1v) is 9.46. The minimum atomic E-state index is -4.42. The summed E-state index contributed by atoms with van der Waals surface area (Å²) in [5.41, 5.74) is -0.0375. The molecule has 2 aliphatic heterocycles. The smallest absolute Gasteiger partial charge is 0.381 e. The van der Waals surface area contributed by atoms with Crippen LogP contribution in [-0.2, 0) is 18.0 Å².